The third-order valence-corrected chi connectivity index (χ3v) is 9.82. The summed E-state index contributed by atoms with van der Waals surface area (Å²) in [6.07, 6.45) is 8.23. The molecule has 7 nitrogen and oxygen atoms in total. The van der Waals surface area contributed by atoms with Crippen molar-refractivity contribution in [2.24, 2.45) is 17.8 Å². The molecule has 0 aromatic heterocycles. The Balaban J connectivity index is 1.63. The van der Waals surface area contributed by atoms with Crippen LogP contribution in [0.3, 0.4) is 0 Å². The van der Waals surface area contributed by atoms with E-state index in [9.17, 15) is 18.3 Å². The van der Waals surface area contributed by atoms with Crippen LogP contribution in [0.2, 0.25) is 0 Å². The molecule has 2 fully saturated rings. The van der Waals surface area contributed by atoms with Crippen molar-refractivity contribution in [1.29, 1.82) is 0 Å². The van der Waals surface area contributed by atoms with Gasteiger partial charge in [-0.05, 0) is 62.6 Å². The molecule has 1 amide bonds. The zero-order valence-electron chi connectivity index (χ0n) is 21.8. The molecule has 4 rings (SSSR count). The molecule has 1 aromatic carbocycles. The number of ether oxygens (including phenoxy) is 1. The number of benzene rings is 1. The highest BCUT2D eigenvalue weighted by molar-refractivity contribution is 7.89. The van der Waals surface area contributed by atoms with Gasteiger partial charge >= 0.3 is 0 Å². The first-order chi connectivity index (χ1) is 17.2. The van der Waals surface area contributed by atoms with Crippen molar-refractivity contribution in [3.63, 3.8) is 0 Å². The monoisotopic (exact) mass is 516 g/mol. The second-order valence-electron chi connectivity index (χ2n) is 11.0. The van der Waals surface area contributed by atoms with Crippen LogP contribution < -0.4 is 4.74 Å². The molecule has 2 aliphatic carbocycles. The Morgan fingerprint density at radius 3 is 2.61 bits per heavy atom. The minimum Gasteiger partial charge on any atom is -0.487 e. The molecule has 1 N–H and O–H groups in total. The number of fused-ring (bicyclic) bond motifs is 1. The number of aliphatic hydroxyl groups excluding tert-OH is 1. The van der Waals surface area contributed by atoms with E-state index in [1.807, 2.05) is 6.92 Å². The zero-order valence-corrected chi connectivity index (χ0v) is 22.6. The van der Waals surface area contributed by atoms with Crippen LogP contribution in [0.4, 0.5) is 0 Å². The lowest BCUT2D eigenvalue weighted by molar-refractivity contribution is -0.131. The third kappa shape index (κ3) is 6.42. The van der Waals surface area contributed by atoms with Crippen LogP contribution in [0, 0.1) is 29.6 Å². The molecule has 1 heterocycles. The molecule has 1 aromatic rings. The number of amides is 1. The number of nitrogens with zero attached hydrogens (tertiary/aromatic N) is 2. The Hall–Kier alpha value is -2.08. The highest BCUT2D eigenvalue weighted by atomic mass is 32.2. The maximum atomic E-state index is 13.6. The lowest BCUT2D eigenvalue weighted by Gasteiger charge is -2.37. The van der Waals surface area contributed by atoms with E-state index in [2.05, 4.69) is 11.8 Å². The van der Waals surface area contributed by atoms with Crippen LogP contribution in [-0.4, -0.2) is 67.5 Å². The van der Waals surface area contributed by atoms with E-state index >= 15 is 0 Å². The molecular formula is C28H40N2O5S. The zero-order chi connectivity index (χ0) is 25.9. The summed E-state index contributed by atoms with van der Waals surface area (Å²) >= 11 is 0. The summed E-state index contributed by atoms with van der Waals surface area (Å²) in [5, 5.41) is 9.81. The highest BCUT2D eigenvalue weighted by Gasteiger charge is 2.38. The first kappa shape index (κ1) is 27.0. The standard InChI is InChI=1S/C28H40N2O5S/c1-20-17-30(21(2)19-31)36(33,34)27-14-13-23(10-6-9-22-7-4-5-8-22)15-25(27)35-26(20)18-29(3)28(32)16-24-11-12-24/h13-15,20-22,24,26,31H,4-5,7-9,11-12,16-19H2,1-3H3/t20-,21-,26+/m0/s1. The van der Waals surface area contributed by atoms with Crippen molar-refractivity contribution in [2.75, 3.05) is 26.7 Å². The number of carbonyl (C=O) groups is 1. The van der Waals surface area contributed by atoms with Gasteiger partial charge in [0.2, 0.25) is 15.9 Å². The van der Waals surface area contributed by atoms with Crippen LogP contribution in [0.25, 0.3) is 0 Å². The second-order valence-corrected chi connectivity index (χ2v) is 12.8. The Kier molecular flexibility index (Phi) is 8.64. The van der Waals surface area contributed by atoms with Crippen molar-refractivity contribution in [3.8, 4) is 17.6 Å². The molecule has 0 saturated heterocycles. The quantitative estimate of drug-likeness (QED) is 0.559. The smallest absolute Gasteiger partial charge is 0.247 e. The van der Waals surface area contributed by atoms with E-state index in [1.165, 1.54) is 30.0 Å². The molecular weight excluding hydrogens is 476 g/mol. The van der Waals surface area contributed by atoms with Gasteiger partial charge in [-0.3, -0.25) is 4.79 Å². The fourth-order valence-corrected chi connectivity index (χ4v) is 6.96. The van der Waals surface area contributed by atoms with E-state index in [1.54, 1.807) is 37.1 Å². The van der Waals surface area contributed by atoms with Crippen molar-refractivity contribution >= 4 is 15.9 Å². The molecule has 3 aliphatic rings. The molecule has 36 heavy (non-hydrogen) atoms. The molecule has 8 heteroatoms. The van der Waals surface area contributed by atoms with Crippen LogP contribution in [-0.2, 0) is 14.8 Å². The molecule has 1 aliphatic heterocycles. The minimum absolute atomic E-state index is 0.0769. The predicted molar refractivity (Wildman–Crippen MR) is 139 cm³/mol. The van der Waals surface area contributed by atoms with Gasteiger partial charge in [-0.25, -0.2) is 8.42 Å². The minimum atomic E-state index is -3.89. The van der Waals surface area contributed by atoms with Crippen LogP contribution in [0.5, 0.6) is 5.75 Å². The lowest BCUT2D eigenvalue weighted by atomic mass is 10.0. The van der Waals surface area contributed by atoms with Crippen molar-refractivity contribution < 1.29 is 23.1 Å². The van der Waals surface area contributed by atoms with Crippen molar-refractivity contribution in [3.05, 3.63) is 23.8 Å². The number of rotatable bonds is 7. The molecule has 2 saturated carbocycles. The van der Waals surface area contributed by atoms with E-state index in [0.29, 0.717) is 30.4 Å². The summed E-state index contributed by atoms with van der Waals surface area (Å²) < 4.78 is 35.0. The maximum absolute atomic E-state index is 13.6. The summed E-state index contributed by atoms with van der Waals surface area (Å²) in [6.45, 7) is 3.92. The van der Waals surface area contributed by atoms with E-state index in [0.717, 1.165) is 19.3 Å². The van der Waals surface area contributed by atoms with Gasteiger partial charge in [-0.15, -0.1) is 0 Å². The van der Waals surface area contributed by atoms with Gasteiger partial charge in [-0.1, -0.05) is 31.6 Å². The topological polar surface area (TPSA) is 87.2 Å². The number of hydrogen-bond donors (Lipinski definition) is 1. The van der Waals surface area contributed by atoms with E-state index < -0.39 is 22.2 Å². The van der Waals surface area contributed by atoms with Gasteiger partial charge in [0.1, 0.15) is 16.7 Å². The van der Waals surface area contributed by atoms with Gasteiger partial charge in [0.15, 0.2) is 0 Å². The fourth-order valence-electron chi connectivity index (χ4n) is 5.13. The number of sulfonamides is 1. The van der Waals surface area contributed by atoms with Crippen molar-refractivity contribution in [2.45, 2.75) is 82.3 Å². The summed E-state index contributed by atoms with van der Waals surface area (Å²) in [7, 11) is -2.11. The second kappa shape index (κ2) is 11.5. The lowest BCUT2D eigenvalue weighted by Crippen LogP contribution is -2.50. The largest absolute Gasteiger partial charge is 0.487 e. The van der Waals surface area contributed by atoms with Crippen molar-refractivity contribution in [1.82, 2.24) is 9.21 Å². The number of hydrogen-bond acceptors (Lipinski definition) is 5. The average Bonchev–Trinajstić information content (AvgIpc) is 3.51. The number of carbonyl (C=O) groups excluding carboxylic acids is 1. The van der Waals surface area contributed by atoms with Gasteiger partial charge in [0.05, 0.1) is 13.2 Å². The first-order valence-corrected chi connectivity index (χ1v) is 14.8. The molecule has 0 unspecified atom stereocenters. The summed E-state index contributed by atoms with van der Waals surface area (Å²) in [5.74, 6) is 7.78. The normalized spacial score (nSPS) is 25.0. The average molecular weight is 517 g/mol. The van der Waals surface area contributed by atoms with Crippen LogP contribution in [0.15, 0.2) is 23.1 Å². The number of aliphatic hydroxyl groups is 1. The van der Waals surface area contributed by atoms with Gasteiger partial charge in [0.25, 0.3) is 0 Å². The van der Waals surface area contributed by atoms with Crippen LogP contribution >= 0.6 is 0 Å². The summed E-state index contributed by atoms with van der Waals surface area (Å²) in [4.78, 5) is 14.5. The number of likely N-dealkylation sites (N-methyl/N-ethyl adjacent to an activating group) is 1. The Bertz CT molecular complexity index is 1100. The Morgan fingerprint density at radius 1 is 1.22 bits per heavy atom. The Labute approximate surface area is 216 Å². The summed E-state index contributed by atoms with van der Waals surface area (Å²) in [5.41, 5.74) is 0.717. The SMILES string of the molecule is C[C@H]1CN([C@@H](C)CO)S(=O)(=O)c2ccc(C#CCC3CCCC3)cc2O[C@@H]1CN(C)C(=O)CC1CC1. The van der Waals surface area contributed by atoms with E-state index in [4.69, 9.17) is 4.74 Å². The first-order valence-electron chi connectivity index (χ1n) is 13.3. The van der Waals surface area contributed by atoms with Gasteiger partial charge in [-0.2, -0.15) is 4.31 Å². The molecule has 3 atom stereocenters. The molecule has 0 spiro atoms. The molecule has 0 radical (unpaired) electrons. The Morgan fingerprint density at radius 2 is 1.94 bits per heavy atom. The molecule has 0 bridgehead atoms. The summed E-state index contributed by atoms with van der Waals surface area (Å²) in [6, 6.07) is 4.43. The van der Waals surface area contributed by atoms with Gasteiger partial charge in [0, 0.05) is 44.0 Å². The fraction of sp³-hybridized carbons (Fsp3) is 0.679. The predicted octanol–water partition coefficient (Wildman–Crippen LogP) is 3.65. The molecule has 198 valence electrons. The third-order valence-electron chi connectivity index (χ3n) is 7.81. The van der Waals surface area contributed by atoms with E-state index in [-0.39, 0.29) is 35.6 Å². The van der Waals surface area contributed by atoms with Gasteiger partial charge < -0.3 is 14.7 Å². The maximum Gasteiger partial charge on any atom is 0.247 e. The highest BCUT2D eigenvalue weighted by Crippen LogP contribution is 2.35. The van der Waals surface area contributed by atoms with Crippen LogP contribution in [0.1, 0.15) is 70.8 Å².